The van der Waals surface area contributed by atoms with Gasteiger partial charge >= 0.3 is 5.97 Å². The number of fused-ring (bicyclic) bond motifs is 2. The van der Waals surface area contributed by atoms with Gasteiger partial charge in [-0.2, -0.15) is 0 Å². The number of nitrogens with one attached hydrogen (secondary N) is 1. The maximum Gasteiger partial charge on any atom is 0.341 e. The molecule has 6 nitrogen and oxygen atoms in total. The molecule has 1 amide bonds. The van der Waals surface area contributed by atoms with Crippen molar-refractivity contribution in [3.63, 3.8) is 0 Å². The van der Waals surface area contributed by atoms with Gasteiger partial charge in [-0.25, -0.2) is 9.78 Å². The van der Waals surface area contributed by atoms with Gasteiger partial charge in [0.25, 0.3) is 0 Å². The Kier molecular flexibility index (Phi) is 5.17. The van der Waals surface area contributed by atoms with E-state index in [4.69, 9.17) is 4.74 Å². The molecule has 0 unspecified atom stereocenters. The molecule has 7 heteroatoms. The van der Waals surface area contributed by atoms with Gasteiger partial charge in [0.15, 0.2) is 0 Å². The van der Waals surface area contributed by atoms with E-state index in [1.54, 1.807) is 6.92 Å². The number of pyridine rings is 1. The minimum atomic E-state index is -0.347. The van der Waals surface area contributed by atoms with Crippen LogP contribution in [-0.4, -0.2) is 27.9 Å². The zero-order valence-electron chi connectivity index (χ0n) is 16.1. The first-order valence-electron chi connectivity index (χ1n) is 9.61. The highest BCUT2D eigenvalue weighted by molar-refractivity contribution is 7.17. The van der Waals surface area contributed by atoms with Crippen LogP contribution >= 0.6 is 11.3 Å². The summed E-state index contributed by atoms with van der Waals surface area (Å²) in [5.74, 6) is -0.522. The molecule has 3 aromatic rings. The molecule has 0 fully saturated rings. The van der Waals surface area contributed by atoms with Gasteiger partial charge in [0, 0.05) is 17.3 Å². The molecule has 0 bridgehead atoms. The Morgan fingerprint density at radius 2 is 2.14 bits per heavy atom. The standard InChI is InChI=1S/C21H23N3O3S/c1-3-27-21(26)18-15-8-4-5-9-16(15)28-20(18)23-17(25)11-14-12-24-10-6-7-13(2)19(24)22-14/h6-7,10,12H,3-5,8-9,11H2,1-2H3,(H,23,25). The summed E-state index contributed by atoms with van der Waals surface area (Å²) < 4.78 is 7.17. The van der Waals surface area contributed by atoms with Crippen LogP contribution in [0.1, 0.15) is 51.8 Å². The summed E-state index contributed by atoms with van der Waals surface area (Å²) in [5.41, 5.74) is 4.20. The van der Waals surface area contributed by atoms with Gasteiger partial charge in [-0.1, -0.05) is 6.07 Å². The lowest BCUT2D eigenvalue weighted by Gasteiger charge is -2.12. The smallest absolute Gasteiger partial charge is 0.341 e. The molecule has 3 heterocycles. The van der Waals surface area contributed by atoms with Gasteiger partial charge < -0.3 is 14.5 Å². The molecule has 1 aliphatic rings. The SMILES string of the molecule is CCOC(=O)c1c(NC(=O)Cc2cn3cccc(C)c3n2)sc2c1CCCC2. The third-order valence-corrected chi connectivity index (χ3v) is 6.18. The minimum Gasteiger partial charge on any atom is -0.462 e. The fourth-order valence-corrected chi connectivity index (χ4v) is 4.99. The first-order chi connectivity index (χ1) is 13.6. The van der Waals surface area contributed by atoms with Crippen molar-refractivity contribution in [2.75, 3.05) is 11.9 Å². The van der Waals surface area contributed by atoms with Crippen LogP contribution in [0.5, 0.6) is 0 Å². The Hall–Kier alpha value is -2.67. The number of ether oxygens (including phenoxy) is 1. The van der Waals surface area contributed by atoms with E-state index in [1.165, 1.54) is 16.2 Å². The van der Waals surface area contributed by atoms with Gasteiger partial charge in [-0.05, 0) is 56.7 Å². The average Bonchev–Trinajstić information content (AvgIpc) is 3.23. The van der Waals surface area contributed by atoms with Crippen molar-refractivity contribution in [2.45, 2.75) is 46.0 Å². The predicted octanol–water partition coefficient (Wildman–Crippen LogP) is 3.94. The summed E-state index contributed by atoms with van der Waals surface area (Å²) in [6.45, 7) is 4.10. The van der Waals surface area contributed by atoms with Gasteiger partial charge in [0.2, 0.25) is 5.91 Å². The van der Waals surface area contributed by atoms with Crippen LogP contribution in [0, 0.1) is 6.92 Å². The second-order valence-corrected chi connectivity index (χ2v) is 8.12. The summed E-state index contributed by atoms with van der Waals surface area (Å²) in [6.07, 6.45) is 7.94. The highest BCUT2D eigenvalue weighted by Gasteiger charge is 2.27. The van der Waals surface area contributed by atoms with Crippen molar-refractivity contribution < 1.29 is 14.3 Å². The summed E-state index contributed by atoms with van der Waals surface area (Å²) in [4.78, 5) is 30.9. The number of carbonyl (C=O) groups excluding carboxylic acids is 2. The highest BCUT2D eigenvalue weighted by Crippen LogP contribution is 2.38. The quantitative estimate of drug-likeness (QED) is 0.662. The van der Waals surface area contributed by atoms with Gasteiger partial charge in [0.05, 0.1) is 24.3 Å². The molecule has 3 aromatic heterocycles. The molecule has 0 spiro atoms. The second-order valence-electron chi connectivity index (χ2n) is 7.01. The van der Waals surface area contributed by atoms with Crippen molar-refractivity contribution in [2.24, 2.45) is 0 Å². The molecule has 0 atom stereocenters. The zero-order chi connectivity index (χ0) is 19.7. The van der Waals surface area contributed by atoms with Crippen molar-refractivity contribution >= 4 is 33.9 Å². The summed E-state index contributed by atoms with van der Waals surface area (Å²) >= 11 is 1.50. The Labute approximate surface area is 167 Å². The molecule has 4 rings (SSSR count). The molecule has 0 saturated heterocycles. The first-order valence-corrected chi connectivity index (χ1v) is 10.4. The normalized spacial score (nSPS) is 13.4. The third-order valence-electron chi connectivity index (χ3n) is 4.97. The molecule has 28 heavy (non-hydrogen) atoms. The van der Waals surface area contributed by atoms with Crippen LogP contribution in [-0.2, 0) is 28.8 Å². The molecule has 0 radical (unpaired) electrons. The number of aromatic nitrogens is 2. The molecular formula is C21H23N3O3S. The van der Waals surface area contributed by atoms with E-state index < -0.39 is 0 Å². The fraction of sp³-hybridized carbons (Fsp3) is 0.381. The predicted molar refractivity (Wildman–Crippen MR) is 109 cm³/mol. The largest absolute Gasteiger partial charge is 0.462 e. The fourth-order valence-electron chi connectivity index (χ4n) is 3.70. The number of aryl methyl sites for hydroxylation is 2. The number of anilines is 1. The molecule has 0 saturated carbocycles. The maximum atomic E-state index is 12.7. The summed E-state index contributed by atoms with van der Waals surface area (Å²) in [6, 6.07) is 3.95. The summed E-state index contributed by atoms with van der Waals surface area (Å²) in [5, 5.41) is 3.55. The van der Waals surface area contributed by atoms with Crippen molar-refractivity contribution in [3.8, 4) is 0 Å². The maximum absolute atomic E-state index is 12.7. The molecule has 0 aromatic carbocycles. The van der Waals surface area contributed by atoms with E-state index in [0.717, 1.165) is 42.5 Å². The number of rotatable bonds is 5. The van der Waals surface area contributed by atoms with Crippen molar-refractivity contribution in [1.29, 1.82) is 0 Å². The molecular weight excluding hydrogens is 374 g/mol. The van der Waals surface area contributed by atoms with Gasteiger partial charge in [-0.15, -0.1) is 11.3 Å². The monoisotopic (exact) mass is 397 g/mol. The van der Waals surface area contributed by atoms with Crippen LogP contribution in [0.3, 0.4) is 0 Å². The van der Waals surface area contributed by atoms with Crippen LogP contribution in [0.15, 0.2) is 24.5 Å². The van der Waals surface area contributed by atoms with Crippen molar-refractivity contribution in [1.82, 2.24) is 9.38 Å². The molecule has 146 valence electrons. The number of hydrogen-bond acceptors (Lipinski definition) is 5. The van der Waals surface area contributed by atoms with E-state index in [0.29, 0.717) is 22.9 Å². The number of hydrogen-bond donors (Lipinski definition) is 1. The number of carbonyl (C=O) groups is 2. The lowest BCUT2D eigenvalue weighted by atomic mass is 9.95. The van der Waals surface area contributed by atoms with E-state index in [1.807, 2.05) is 35.9 Å². The number of esters is 1. The zero-order valence-corrected chi connectivity index (χ0v) is 16.9. The Balaban J connectivity index is 1.57. The van der Waals surface area contributed by atoms with E-state index >= 15 is 0 Å². The number of imidazole rings is 1. The number of thiophene rings is 1. The van der Waals surface area contributed by atoms with E-state index in [9.17, 15) is 9.59 Å². The molecule has 1 N–H and O–H groups in total. The Morgan fingerprint density at radius 3 is 2.93 bits per heavy atom. The highest BCUT2D eigenvalue weighted by atomic mass is 32.1. The van der Waals surface area contributed by atoms with E-state index in [-0.39, 0.29) is 18.3 Å². The van der Waals surface area contributed by atoms with Gasteiger partial charge in [-0.3, -0.25) is 4.79 Å². The number of nitrogens with zero attached hydrogens (tertiary/aromatic N) is 2. The Morgan fingerprint density at radius 1 is 1.32 bits per heavy atom. The second kappa shape index (κ2) is 7.75. The van der Waals surface area contributed by atoms with Crippen LogP contribution in [0.25, 0.3) is 5.65 Å². The third kappa shape index (κ3) is 3.54. The Bertz CT molecular complexity index is 1050. The first kappa shape index (κ1) is 18.7. The molecule has 1 aliphatic carbocycles. The summed E-state index contributed by atoms with van der Waals surface area (Å²) in [7, 11) is 0. The van der Waals surface area contributed by atoms with Crippen LogP contribution in [0.2, 0.25) is 0 Å². The molecule has 0 aliphatic heterocycles. The minimum absolute atomic E-state index is 0.159. The van der Waals surface area contributed by atoms with Gasteiger partial charge in [0.1, 0.15) is 10.6 Å². The van der Waals surface area contributed by atoms with Crippen molar-refractivity contribution in [3.05, 3.63) is 51.8 Å². The number of amides is 1. The van der Waals surface area contributed by atoms with E-state index in [2.05, 4.69) is 10.3 Å². The average molecular weight is 398 g/mol. The lowest BCUT2D eigenvalue weighted by Crippen LogP contribution is -2.17. The van der Waals surface area contributed by atoms with Crippen LogP contribution in [0.4, 0.5) is 5.00 Å². The van der Waals surface area contributed by atoms with Crippen LogP contribution < -0.4 is 5.32 Å². The lowest BCUT2D eigenvalue weighted by molar-refractivity contribution is -0.115. The topological polar surface area (TPSA) is 72.7 Å².